The van der Waals surface area contributed by atoms with E-state index in [1.165, 1.54) is 0 Å². The molecule has 0 spiro atoms. The highest BCUT2D eigenvalue weighted by atomic mass is 16.5. The summed E-state index contributed by atoms with van der Waals surface area (Å²) in [6, 6.07) is 8.28. The molecule has 30 heavy (non-hydrogen) atoms. The van der Waals surface area contributed by atoms with Crippen molar-refractivity contribution in [2.45, 2.75) is 70.0 Å². The van der Waals surface area contributed by atoms with Gasteiger partial charge in [-0.25, -0.2) is 4.79 Å². The van der Waals surface area contributed by atoms with Gasteiger partial charge in [-0.3, -0.25) is 9.59 Å². The molecule has 7 nitrogen and oxygen atoms in total. The molecule has 1 heterocycles. The number of likely N-dealkylation sites (tertiary alicyclic amines) is 1. The summed E-state index contributed by atoms with van der Waals surface area (Å²) in [5, 5.41) is 12.8. The van der Waals surface area contributed by atoms with Gasteiger partial charge < -0.3 is 20.1 Å². The van der Waals surface area contributed by atoms with E-state index in [1.807, 2.05) is 30.3 Å². The predicted molar refractivity (Wildman–Crippen MR) is 112 cm³/mol. The van der Waals surface area contributed by atoms with Gasteiger partial charge in [0.25, 0.3) is 0 Å². The Labute approximate surface area is 177 Å². The van der Waals surface area contributed by atoms with E-state index < -0.39 is 24.0 Å². The van der Waals surface area contributed by atoms with E-state index in [4.69, 9.17) is 4.74 Å². The van der Waals surface area contributed by atoms with Crippen LogP contribution in [-0.4, -0.2) is 59.1 Å². The predicted octanol–water partition coefficient (Wildman–Crippen LogP) is 2.56. The van der Waals surface area contributed by atoms with E-state index in [-0.39, 0.29) is 17.9 Å². The molecule has 0 radical (unpaired) electrons. The Hall–Kier alpha value is -2.41. The molecule has 0 aromatic heterocycles. The van der Waals surface area contributed by atoms with Crippen molar-refractivity contribution < 1.29 is 24.2 Å². The Morgan fingerprint density at radius 2 is 1.97 bits per heavy atom. The number of nitrogens with one attached hydrogen (secondary N) is 1. The van der Waals surface area contributed by atoms with Crippen LogP contribution < -0.4 is 5.32 Å². The number of benzene rings is 1. The van der Waals surface area contributed by atoms with Crippen molar-refractivity contribution in [1.82, 2.24) is 10.2 Å². The largest absolute Gasteiger partial charge is 0.480 e. The first-order valence-corrected chi connectivity index (χ1v) is 10.9. The van der Waals surface area contributed by atoms with Crippen molar-refractivity contribution in [3.05, 3.63) is 35.9 Å². The minimum Gasteiger partial charge on any atom is -0.480 e. The number of carboxylic acids is 1. The van der Waals surface area contributed by atoms with Gasteiger partial charge in [0, 0.05) is 6.04 Å². The summed E-state index contributed by atoms with van der Waals surface area (Å²) in [6.07, 6.45) is 3.97. The lowest BCUT2D eigenvalue weighted by atomic mass is 9.95. The third-order valence-corrected chi connectivity index (χ3v) is 6.40. The van der Waals surface area contributed by atoms with E-state index in [9.17, 15) is 19.5 Å². The molecule has 1 saturated heterocycles. The summed E-state index contributed by atoms with van der Waals surface area (Å²) >= 11 is 0. The maximum absolute atomic E-state index is 13.1. The molecule has 1 aliphatic carbocycles. The highest BCUT2D eigenvalue weighted by Gasteiger charge is 2.49. The van der Waals surface area contributed by atoms with Gasteiger partial charge in [-0.15, -0.1) is 0 Å². The SMILES string of the molecule is CCOC(=O)C(CCN[C@@H](C)C(=O)N1[C@@H](C(=O)O)C[C@H]2CCC[C@H]21)c1ccccc1. The van der Waals surface area contributed by atoms with Crippen molar-refractivity contribution in [2.75, 3.05) is 13.2 Å². The van der Waals surface area contributed by atoms with Crippen molar-refractivity contribution in [2.24, 2.45) is 5.92 Å². The van der Waals surface area contributed by atoms with Crippen LogP contribution in [0.15, 0.2) is 30.3 Å². The molecule has 1 aliphatic heterocycles. The molecule has 5 atom stereocenters. The summed E-state index contributed by atoms with van der Waals surface area (Å²) in [7, 11) is 0. The number of nitrogens with zero attached hydrogens (tertiary/aromatic N) is 1. The van der Waals surface area contributed by atoms with Gasteiger partial charge in [-0.2, -0.15) is 0 Å². The van der Waals surface area contributed by atoms with Crippen molar-refractivity contribution >= 4 is 17.8 Å². The molecule has 1 unspecified atom stereocenters. The number of hydrogen-bond acceptors (Lipinski definition) is 5. The number of amides is 1. The fourth-order valence-electron chi connectivity index (χ4n) is 4.93. The molecule has 1 aromatic carbocycles. The average Bonchev–Trinajstić information content (AvgIpc) is 3.32. The summed E-state index contributed by atoms with van der Waals surface area (Å²) in [6.45, 7) is 4.32. The number of esters is 1. The Balaban J connectivity index is 1.60. The number of carbonyl (C=O) groups is 3. The van der Waals surface area contributed by atoms with Crippen LogP contribution in [0.25, 0.3) is 0 Å². The standard InChI is InChI=1S/C23H32N2O5/c1-3-30-23(29)18(16-8-5-4-6-9-16)12-13-24-15(2)21(26)25-19-11-7-10-17(19)14-20(25)22(27)28/h4-6,8-9,15,17-20,24H,3,7,10-14H2,1-2H3,(H,27,28)/t15-,17+,18?,19+,20+/m0/s1. The fourth-order valence-corrected chi connectivity index (χ4v) is 4.93. The van der Waals surface area contributed by atoms with Crippen LogP contribution in [0.5, 0.6) is 0 Å². The first-order valence-electron chi connectivity index (χ1n) is 10.9. The molecular weight excluding hydrogens is 384 g/mol. The number of hydrogen-bond donors (Lipinski definition) is 2. The Morgan fingerprint density at radius 3 is 2.63 bits per heavy atom. The smallest absolute Gasteiger partial charge is 0.326 e. The monoisotopic (exact) mass is 416 g/mol. The molecule has 2 fully saturated rings. The lowest BCUT2D eigenvalue weighted by Gasteiger charge is -2.30. The molecule has 1 aromatic rings. The maximum Gasteiger partial charge on any atom is 0.326 e. The van der Waals surface area contributed by atoms with Crippen LogP contribution in [0.4, 0.5) is 0 Å². The summed E-state index contributed by atoms with van der Waals surface area (Å²) in [5.41, 5.74) is 0.885. The summed E-state index contributed by atoms with van der Waals surface area (Å²) in [5.74, 6) is -1.46. The minimum absolute atomic E-state index is 0.0412. The Morgan fingerprint density at radius 1 is 1.23 bits per heavy atom. The number of rotatable bonds is 9. The van der Waals surface area contributed by atoms with Gasteiger partial charge in [0.1, 0.15) is 6.04 Å². The summed E-state index contributed by atoms with van der Waals surface area (Å²) in [4.78, 5) is 38.8. The van der Waals surface area contributed by atoms with Gasteiger partial charge in [0.05, 0.1) is 18.6 Å². The van der Waals surface area contributed by atoms with Crippen molar-refractivity contribution in [1.29, 1.82) is 0 Å². The first kappa shape index (κ1) is 22.3. The quantitative estimate of drug-likeness (QED) is 0.601. The molecule has 0 bridgehead atoms. The molecule has 7 heteroatoms. The molecule has 2 aliphatic rings. The van der Waals surface area contributed by atoms with Crippen LogP contribution in [-0.2, 0) is 19.1 Å². The maximum atomic E-state index is 13.1. The highest BCUT2D eigenvalue weighted by molar-refractivity contribution is 5.88. The molecule has 2 N–H and O–H groups in total. The van der Waals surface area contributed by atoms with Crippen molar-refractivity contribution in [3.63, 3.8) is 0 Å². The lowest BCUT2D eigenvalue weighted by Crippen LogP contribution is -2.52. The van der Waals surface area contributed by atoms with Crippen LogP contribution in [0.2, 0.25) is 0 Å². The number of carboxylic acid groups (broad SMARTS) is 1. The van der Waals surface area contributed by atoms with Crippen LogP contribution in [0.1, 0.15) is 57.4 Å². The van der Waals surface area contributed by atoms with Crippen molar-refractivity contribution in [3.8, 4) is 0 Å². The highest BCUT2D eigenvalue weighted by Crippen LogP contribution is 2.41. The Kier molecular flexibility index (Phi) is 7.48. The normalized spacial score (nSPS) is 24.9. The van der Waals surface area contributed by atoms with Gasteiger partial charge in [-0.1, -0.05) is 36.8 Å². The van der Waals surface area contributed by atoms with Gasteiger partial charge in [-0.05, 0) is 57.6 Å². The van der Waals surface area contributed by atoms with Crippen LogP contribution in [0, 0.1) is 5.92 Å². The lowest BCUT2D eigenvalue weighted by molar-refractivity contribution is -0.150. The van der Waals surface area contributed by atoms with Crippen LogP contribution in [0.3, 0.4) is 0 Å². The zero-order valence-electron chi connectivity index (χ0n) is 17.8. The van der Waals surface area contributed by atoms with Gasteiger partial charge in [0.2, 0.25) is 5.91 Å². The number of aliphatic carboxylic acids is 1. The number of fused-ring (bicyclic) bond motifs is 1. The number of ether oxygens (including phenoxy) is 1. The van der Waals surface area contributed by atoms with E-state index in [2.05, 4.69) is 5.32 Å². The number of carbonyl (C=O) groups excluding carboxylic acids is 2. The second-order valence-electron chi connectivity index (χ2n) is 8.27. The summed E-state index contributed by atoms with van der Waals surface area (Å²) < 4.78 is 5.23. The zero-order chi connectivity index (χ0) is 21.7. The molecule has 1 saturated carbocycles. The topological polar surface area (TPSA) is 95.9 Å². The molecule has 1 amide bonds. The minimum atomic E-state index is -0.920. The van der Waals surface area contributed by atoms with E-state index in [0.717, 1.165) is 24.8 Å². The van der Waals surface area contributed by atoms with Gasteiger partial charge in [0.15, 0.2) is 0 Å². The molecular formula is C23H32N2O5. The first-order chi connectivity index (χ1) is 14.4. The molecule has 164 valence electrons. The van der Waals surface area contributed by atoms with E-state index in [1.54, 1.807) is 18.7 Å². The third kappa shape index (κ3) is 4.83. The average molecular weight is 417 g/mol. The third-order valence-electron chi connectivity index (χ3n) is 6.40. The van der Waals surface area contributed by atoms with E-state index >= 15 is 0 Å². The second-order valence-corrected chi connectivity index (χ2v) is 8.27. The van der Waals surface area contributed by atoms with Gasteiger partial charge >= 0.3 is 11.9 Å². The Bertz CT molecular complexity index is 753. The zero-order valence-corrected chi connectivity index (χ0v) is 17.8. The molecule has 3 rings (SSSR count). The fraction of sp³-hybridized carbons (Fsp3) is 0.609. The van der Waals surface area contributed by atoms with Crippen LogP contribution >= 0.6 is 0 Å². The van der Waals surface area contributed by atoms with E-state index in [0.29, 0.717) is 31.9 Å². The second kappa shape index (κ2) is 10.1.